The molecule has 1 N–H and O–H groups in total. The molecule has 0 heterocycles. The van der Waals surface area contributed by atoms with Crippen molar-refractivity contribution in [2.45, 2.75) is 0 Å². The third kappa shape index (κ3) is 3.66. The highest BCUT2D eigenvalue weighted by Crippen LogP contribution is 2.20. The number of benzene rings is 2. The largest absolute Gasteiger partial charge is 0.465 e. The number of hydrogen-bond acceptors (Lipinski definition) is 3. The highest BCUT2D eigenvalue weighted by molar-refractivity contribution is 9.10. The molecular formula is C15H11BrFNO3. The van der Waals surface area contributed by atoms with Crippen molar-refractivity contribution in [2.24, 2.45) is 0 Å². The zero-order valence-corrected chi connectivity index (χ0v) is 12.6. The fraction of sp³-hybridized carbons (Fsp3) is 0.0667. The molecule has 0 aromatic heterocycles. The van der Waals surface area contributed by atoms with Gasteiger partial charge in [0.2, 0.25) is 0 Å². The lowest BCUT2D eigenvalue weighted by Gasteiger charge is -2.08. The summed E-state index contributed by atoms with van der Waals surface area (Å²) in [6.07, 6.45) is 0. The number of esters is 1. The minimum Gasteiger partial charge on any atom is -0.465 e. The molecule has 4 nitrogen and oxygen atoms in total. The fourth-order valence-corrected chi connectivity index (χ4v) is 2.14. The number of halogens is 2. The zero-order chi connectivity index (χ0) is 15.4. The monoisotopic (exact) mass is 351 g/mol. The van der Waals surface area contributed by atoms with Gasteiger partial charge in [0.05, 0.1) is 18.2 Å². The van der Waals surface area contributed by atoms with E-state index in [-0.39, 0.29) is 5.56 Å². The molecule has 0 saturated heterocycles. The molecule has 0 spiro atoms. The highest BCUT2D eigenvalue weighted by Gasteiger charge is 2.12. The third-order valence-corrected chi connectivity index (χ3v) is 3.41. The van der Waals surface area contributed by atoms with Crippen molar-refractivity contribution in [3.8, 4) is 0 Å². The topological polar surface area (TPSA) is 55.4 Å². The lowest BCUT2D eigenvalue weighted by atomic mass is 10.1. The van der Waals surface area contributed by atoms with Crippen molar-refractivity contribution in [3.63, 3.8) is 0 Å². The van der Waals surface area contributed by atoms with Crippen molar-refractivity contribution in [3.05, 3.63) is 63.9 Å². The van der Waals surface area contributed by atoms with E-state index in [2.05, 4.69) is 26.0 Å². The minimum absolute atomic E-state index is 0.165. The van der Waals surface area contributed by atoms with Crippen LogP contribution in [0.2, 0.25) is 0 Å². The van der Waals surface area contributed by atoms with Crippen LogP contribution >= 0.6 is 15.9 Å². The van der Waals surface area contributed by atoms with E-state index in [1.807, 2.05) is 0 Å². The molecule has 0 aliphatic heterocycles. The second kappa shape index (κ2) is 6.49. The van der Waals surface area contributed by atoms with Gasteiger partial charge in [0, 0.05) is 10.2 Å². The van der Waals surface area contributed by atoms with E-state index in [9.17, 15) is 14.0 Å². The number of carbonyl (C=O) groups excluding carboxylic acids is 2. The van der Waals surface area contributed by atoms with Crippen molar-refractivity contribution in [1.29, 1.82) is 0 Å². The maximum absolute atomic E-state index is 13.2. The molecule has 1 amide bonds. The van der Waals surface area contributed by atoms with Gasteiger partial charge < -0.3 is 10.1 Å². The zero-order valence-electron chi connectivity index (χ0n) is 11.0. The Morgan fingerprint density at radius 1 is 1.19 bits per heavy atom. The van der Waals surface area contributed by atoms with Gasteiger partial charge in [-0.3, -0.25) is 4.79 Å². The smallest absolute Gasteiger partial charge is 0.337 e. The molecule has 0 unspecified atom stereocenters. The lowest BCUT2D eigenvalue weighted by Crippen LogP contribution is -2.13. The Kier molecular flexibility index (Phi) is 4.70. The van der Waals surface area contributed by atoms with Crippen LogP contribution in [0.1, 0.15) is 20.7 Å². The van der Waals surface area contributed by atoms with Crippen molar-refractivity contribution < 1.29 is 18.7 Å². The minimum atomic E-state index is -0.508. The van der Waals surface area contributed by atoms with Crippen molar-refractivity contribution in [1.82, 2.24) is 0 Å². The maximum Gasteiger partial charge on any atom is 0.337 e. The summed E-state index contributed by atoms with van der Waals surface area (Å²) in [5, 5.41) is 2.60. The summed E-state index contributed by atoms with van der Waals surface area (Å²) < 4.78 is 18.3. The fourth-order valence-electron chi connectivity index (χ4n) is 1.71. The molecule has 0 bridgehead atoms. The number of rotatable bonds is 3. The molecule has 2 aromatic rings. The number of hydrogen-bond donors (Lipinski definition) is 1. The summed E-state index contributed by atoms with van der Waals surface area (Å²) in [5.74, 6) is -1.49. The van der Waals surface area contributed by atoms with Crippen LogP contribution in [-0.4, -0.2) is 19.0 Å². The van der Waals surface area contributed by atoms with Crippen LogP contribution in [0.3, 0.4) is 0 Å². The van der Waals surface area contributed by atoms with Crippen molar-refractivity contribution >= 4 is 33.5 Å². The average Bonchev–Trinajstić information content (AvgIpc) is 2.49. The van der Waals surface area contributed by atoms with E-state index in [0.29, 0.717) is 15.7 Å². The summed E-state index contributed by atoms with van der Waals surface area (Å²) in [5.41, 5.74) is 0.895. The molecular weight excluding hydrogens is 341 g/mol. The molecule has 0 saturated carbocycles. The molecule has 6 heteroatoms. The van der Waals surface area contributed by atoms with E-state index in [0.717, 1.165) is 6.07 Å². The Morgan fingerprint density at radius 3 is 2.67 bits per heavy atom. The molecule has 2 rings (SSSR count). The number of anilines is 1. The van der Waals surface area contributed by atoms with Crippen LogP contribution in [0.15, 0.2) is 46.9 Å². The Balaban J connectivity index is 2.23. The first-order chi connectivity index (χ1) is 10.0. The number of methoxy groups -OCH3 is 1. The Bertz CT molecular complexity index is 703. The predicted molar refractivity (Wildman–Crippen MR) is 79.8 cm³/mol. The standard InChI is InChI=1S/C15H11BrFNO3/c1-21-15(20)9-3-2-4-11(7-9)18-14(19)12-8-10(17)5-6-13(12)16/h2-8H,1H3,(H,18,19). The number of nitrogens with one attached hydrogen (secondary N) is 1. The molecule has 0 atom stereocenters. The number of amides is 1. The molecule has 0 aliphatic carbocycles. The summed E-state index contributed by atoms with van der Waals surface area (Å²) >= 11 is 3.19. The number of carbonyl (C=O) groups is 2. The molecule has 0 fully saturated rings. The lowest BCUT2D eigenvalue weighted by molar-refractivity contribution is 0.0600. The first-order valence-corrected chi connectivity index (χ1v) is 6.75. The Labute approximate surface area is 129 Å². The van der Waals surface area contributed by atoms with Crippen LogP contribution < -0.4 is 5.32 Å². The first-order valence-electron chi connectivity index (χ1n) is 5.96. The Morgan fingerprint density at radius 2 is 1.95 bits per heavy atom. The highest BCUT2D eigenvalue weighted by atomic mass is 79.9. The van der Waals surface area contributed by atoms with Gasteiger partial charge in [0.1, 0.15) is 5.82 Å². The average molecular weight is 352 g/mol. The molecule has 108 valence electrons. The molecule has 2 aromatic carbocycles. The normalized spacial score (nSPS) is 10.0. The predicted octanol–water partition coefficient (Wildman–Crippen LogP) is 3.63. The van der Waals surface area contributed by atoms with Crippen molar-refractivity contribution in [2.75, 3.05) is 12.4 Å². The van der Waals surface area contributed by atoms with Crippen LogP contribution in [-0.2, 0) is 4.74 Å². The summed E-state index contributed by atoms with van der Waals surface area (Å²) in [6.45, 7) is 0. The quantitative estimate of drug-likeness (QED) is 0.859. The van der Waals surface area contributed by atoms with E-state index in [1.165, 1.54) is 25.3 Å². The second-order valence-electron chi connectivity index (χ2n) is 4.15. The van der Waals surface area contributed by atoms with Crippen LogP contribution in [0.4, 0.5) is 10.1 Å². The van der Waals surface area contributed by atoms with Gasteiger partial charge in [-0.25, -0.2) is 9.18 Å². The molecule has 0 radical (unpaired) electrons. The van der Waals surface area contributed by atoms with Gasteiger partial charge in [-0.1, -0.05) is 6.07 Å². The molecule has 0 aliphatic rings. The van der Waals surface area contributed by atoms with Gasteiger partial charge in [0.25, 0.3) is 5.91 Å². The Hall–Kier alpha value is -2.21. The SMILES string of the molecule is COC(=O)c1cccc(NC(=O)c2cc(F)ccc2Br)c1. The number of ether oxygens (including phenoxy) is 1. The second-order valence-corrected chi connectivity index (χ2v) is 5.01. The summed E-state index contributed by atoms with van der Waals surface area (Å²) in [4.78, 5) is 23.5. The van der Waals surface area contributed by atoms with Crippen LogP contribution in [0, 0.1) is 5.82 Å². The van der Waals surface area contributed by atoms with Gasteiger partial charge in [-0.2, -0.15) is 0 Å². The first kappa shape index (κ1) is 15.2. The van der Waals surface area contributed by atoms with Gasteiger partial charge >= 0.3 is 5.97 Å². The van der Waals surface area contributed by atoms with E-state index < -0.39 is 17.7 Å². The van der Waals surface area contributed by atoms with E-state index >= 15 is 0 Å². The van der Waals surface area contributed by atoms with Crippen LogP contribution in [0.5, 0.6) is 0 Å². The van der Waals surface area contributed by atoms with E-state index in [4.69, 9.17) is 0 Å². The molecule has 21 heavy (non-hydrogen) atoms. The van der Waals surface area contributed by atoms with Gasteiger partial charge in [-0.05, 0) is 52.3 Å². The summed E-state index contributed by atoms with van der Waals surface area (Å²) in [6, 6.07) is 10.1. The third-order valence-electron chi connectivity index (χ3n) is 2.71. The van der Waals surface area contributed by atoms with Crippen LogP contribution in [0.25, 0.3) is 0 Å². The van der Waals surface area contributed by atoms with Gasteiger partial charge in [-0.15, -0.1) is 0 Å². The maximum atomic E-state index is 13.2. The van der Waals surface area contributed by atoms with Gasteiger partial charge in [0.15, 0.2) is 0 Å². The summed E-state index contributed by atoms with van der Waals surface area (Å²) in [7, 11) is 1.28. The van der Waals surface area contributed by atoms with E-state index in [1.54, 1.807) is 18.2 Å².